The third-order valence-electron chi connectivity index (χ3n) is 4.41. The first-order valence-corrected chi connectivity index (χ1v) is 8.03. The number of nitriles is 1. The molecular weight excluding hydrogens is 310 g/mol. The van der Waals surface area contributed by atoms with Crippen LogP contribution >= 0.6 is 11.6 Å². The second kappa shape index (κ2) is 6.99. The van der Waals surface area contributed by atoms with Gasteiger partial charge in [0.2, 0.25) is 0 Å². The summed E-state index contributed by atoms with van der Waals surface area (Å²) in [4.78, 5) is 4.29. The minimum atomic E-state index is 0.0123. The first-order valence-electron chi connectivity index (χ1n) is 7.66. The Morgan fingerprint density at radius 3 is 2.52 bits per heavy atom. The lowest BCUT2D eigenvalue weighted by Crippen LogP contribution is -2.40. The Morgan fingerprint density at radius 1 is 1.17 bits per heavy atom. The summed E-state index contributed by atoms with van der Waals surface area (Å²) in [5, 5.41) is 13.0. The van der Waals surface area contributed by atoms with E-state index in [1.807, 2.05) is 18.2 Å². The number of ether oxygens (including phenoxy) is 1. The fraction of sp³-hybridized carbons (Fsp3) is 0.333. The molecule has 0 unspecified atom stereocenters. The lowest BCUT2D eigenvalue weighted by molar-refractivity contribution is 0.0543. The van der Waals surface area contributed by atoms with Gasteiger partial charge in [-0.2, -0.15) is 5.26 Å². The van der Waals surface area contributed by atoms with Crippen LogP contribution < -0.4 is 5.32 Å². The van der Waals surface area contributed by atoms with Gasteiger partial charge in [0, 0.05) is 36.4 Å². The number of nitrogens with one attached hydrogen (secondary N) is 1. The monoisotopic (exact) mass is 327 g/mol. The zero-order valence-electron chi connectivity index (χ0n) is 12.8. The number of nitrogens with zero attached hydrogens (tertiary/aromatic N) is 2. The molecule has 1 saturated heterocycles. The van der Waals surface area contributed by atoms with Crippen LogP contribution in [0.25, 0.3) is 0 Å². The molecule has 4 nitrogen and oxygen atoms in total. The molecule has 1 N–H and O–H groups in total. The van der Waals surface area contributed by atoms with Crippen LogP contribution in [0.4, 0.5) is 5.82 Å². The van der Waals surface area contributed by atoms with E-state index in [2.05, 4.69) is 28.5 Å². The predicted octanol–water partition coefficient (Wildman–Crippen LogP) is 3.77. The van der Waals surface area contributed by atoms with Crippen molar-refractivity contribution in [2.45, 2.75) is 18.3 Å². The smallest absolute Gasteiger partial charge is 0.125 e. The quantitative estimate of drug-likeness (QED) is 0.928. The number of anilines is 1. The molecule has 1 aromatic carbocycles. The molecule has 0 atom stereocenters. The third kappa shape index (κ3) is 3.64. The molecule has 3 rings (SSSR count). The molecule has 2 aromatic rings. The van der Waals surface area contributed by atoms with Crippen molar-refractivity contribution in [2.24, 2.45) is 0 Å². The van der Waals surface area contributed by atoms with E-state index in [0.717, 1.165) is 43.4 Å². The fourth-order valence-electron chi connectivity index (χ4n) is 2.96. The summed E-state index contributed by atoms with van der Waals surface area (Å²) in [6.45, 7) is 2.28. The van der Waals surface area contributed by atoms with Gasteiger partial charge in [-0.15, -0.1) is 0 Å². The summed E-state index contributed by atoms with van der Waals surface area (Å²) in [5.41, 5.74) is 1.85. The molecule has 0 bridgehead atoms. The summed E-state index contributed by atoms with van der Waals surface area (Å²) < 4.78 is 5.55. The molecule has 23 heavy (non-hydrogen) atoms. The molecule has 2 heterocycles. The topological polar surface area (TPSA) is 57.9 Å². The molecule has 0 saturated carbocycles. The number of halogens is 1. The zero-order valence-corrected chi connectivity index (χ0v) is 13.5. The first kappa shape index (κ1) is 15.8. The van der Waals surface area contributed by atoms with Crippen LogP contribution in [0.3, 0.4) is 0 Å². The van der Waals surface area contributed by atoms with Gasteiger partial charge in [-0.1, -0.05) is 23.7 Å². The molecule has 1 aliphatic rings. The summed E-state index contributed by atoms with van der Waals surface area (Å²) >= 11 is 6.02. The van der Waals surface area contributed by atoms with Crippen LogP contribution in [0.5, 0.6) is 0 Å². The normalized spacial score (nSPS) is 16.5. The SMILES string of the molecule is N#Cc1ccc(NCC2(c3ccc(Cl)cc3)CCOCC2)nc1. The number of hydrogen-bond donors (Lipinski definition) is 1. The summed E-state index contributed by atoms with van der Waals surface area (Å²) in [6.07, 6.45) is 3.50. The first-order chi connectivity index (χ1) is 11.2. The highest BCUT2D eigenvalue weighted by molar-refractivity contribution is 6.30. The van der Waals surface area contributed by atoms with Crippen LogP contribution in [-0.4, -0.2) is 24.7 Å². The van der Waals surface area contributed by atoms with Crippen molar-refractivity contribution in [2.75, 3.05) is 25.1 Å². The third-order valence-corrected chi connectivity index (χ3v) is 4.66. The Labute approximate surface area is 141 Å². The van der Waals surface area contributed by atoms with Crippen molar-refractivity contribution in [3.05, 3.63) is 58.7 Å². The van der Waals surface area contributed by atoms with Crippen LogP contribution in [0.15, 0.2) is 42.6 Å². The Hall–Kier alpha value is -2.09. The van der Waals surface area contributed by atoms with Gasteiger partial charge < -0.3 is 10.1 Å². The largest absolute Gasteiger partial charge is 0.381 e. The van der Waals surface area contributed by atoms with Crippen molar-refractivity contribution in [1.29, 1.82) is 5.26 Å². The molecule has 1 aliphatic heterocycles. The van der Waals surface area contributed by atoms with Crippen LogP contribution in [0.1, 0.15) is 24.0 Å². The van der Waals surface area contributed by atoms with Gasteiger partial charge in [-0.3, -0.25) is 0 Å². The van der Waals surface area contributed by atoms with Crippen LogP contribution in [0.2, 0.25) is 5.02 Å². The van der Waals surface area contributed by atoms with E-state index in [1.54, 1.807) is 12.3 Å². The zero-order chi connectivity index (χ0) is 16.1. The van der Waals surface area contributed by atoms with Crippen molar-refractivity contribution in [3.8, 4) is 6.07 Å². The van der Waals surface area contributed by atoms with Crippen molar-refractivity contribution >= 4 is 17.4 Å². The Kier molecular flexibility index (Phi) is 4.80. The van der Waals surface area contributed by atoms with Gasteiger partial charge >= 0.3 is 0 Å². The second-order valence-electron chi connectivity index (χ2n) is 5.80. The number of aromatic nitrogens is 1. The van der Waals surface area contributed by atoms with Gasteiger partial charge in [-0.25, -0.2) is 4.98 Å². The maximum absolute atomic E-state index is 8.84. The van der Waals surface area contributed by atoms with Gasteiger partial charge in [0.15, 0.2) is 0 Å². The van der Waals surface area contributed by atoms with Gasteiger partial charge in [-0.05, 0) is 42.7 Å². The van der Waals surface area contributed by atoms with Crippen LogP contribution in [0, 0.1) is 11.3 Å². The highest BCUT2D eigenvalue weighted by atomic mass is 35.5. The molecule has 0 aliphatic carbocycles. The molecular formula is C18H18ClN3O. The molecule has 0 amide bonds. The van der Waals surface area contributed by atoms with Crippen molar-refractivity contribution in [1.82, 2.24) is 4.98 Å². The van der Waals surface area contributed by atoms with E-state index in [1.165, 1.54) is 5.56 Å². The minimum Gasteiger partial charge on any atom is -0.381 e. The number of pyridine rings is 1. The highest BCUT2D eigenvalue weighted by Gasteiger charge is 2.34. The average molecular weight is 328 g/mol. The molecule has 5 heteroatoms. The Bertz CT molecular complexity index is 686. The van der Waals surface area contributed by atoms with Crippen molar-refractivity contribution in [3.63, 3.8) is 0 Å². The van der Waals surface area contributed by atoms with Crippen LogP contribution in [-0.2, 0) is 10.2 Å². The van der Waals surface area contributed by atoms with E-state index in [-0.39, 0.29) is 5.41 Å². The Morgan fingerprint density at radius 2 is 1.91 bits per heavy atom. The maximum Gasteiger partial charge on any atom is 0.125 e. The van der Waals surface area contributed by atoms with E-state index < -0.39 is 0 Å². The van der Waals surface area contributed by atoms with Gasteiger partial charge in [0.25, 0.3) is 0 Å². The average Bonchev–Trinajstić information content (AvgIpc) is 2.62. The fourth-order valence-corrected chi connectivity index (χ4v) is 3.08. The molecule has 0 radical (unpaired) electrons. The van der Waals surface area contributed by atoms with E-state index in [9.17, 15) is 0 Å². The highest BCUT2D eigenvalue weighted by Crippen LogP contribution is 2.35. The molecule has 118 valence electrons. The lowest BCUT2D eigenvalue weighted by Gasteiger charge is -2.38. The lowest BCUT2D eigenvalue weighted by atomic mass is 9.74. The molecule has 1 aromatic heterocycles. The molecule has 1 fully saturated rings. The van der Waals surface area contributed by atoms with Gasteiger partial charge in [0.1, 0.15) is 11.9 Å². The summed E-state index contributed by atoms with van der Waals surface area (Å²) in [5.74, 6) is 0.781. The van der Waals surface area contributed by atoms with Gasteiger partial charge in [0.05, 0.1) is 5.56 Å². The number of rotatable bonds is 4. The van der Waals surface area contributed by atoms with E-state index >= 15 is 0 Å². The van der Waals surface area contributed by atoms with E-state index in [0.29, 0.717) is 5.56 Å². The standard InChI is InChI=1S/C18H18ClN3O/c19-16-4-2-15(3-5-16)18(7-9-23-10-8-18)13-22-17-6-1-14(11-20)12-21-17/h1-6,12H,7-10,13H2,(H,21,22). The maximum atomic E-state index is 8.84. The predicted molar refractivity (Wildman–Crippen MR) is 90.6 cm³/mol. The Balaban J connectivity index is 1.78. The molecule has 0 spiro atoms. The van der Waals surface area contributed by atoms with E-state index in [4.69, 9.17) is 21.6 Å². The summed E-state index contributed by atoms with van der Waals surface area (Å²) in [7, 11) is 0. The second-order valence-corrected chi connectivity index (χ2v) is 6.23. The van der Waals surface area contributed by atoms with Crippen molar-refractivity contribution < 1.29 is 4.74 Å². The number of hydrogen-bond acceptors (Lipinski definition) is 4. The number of benzene rings is 1. The summed E-state index contributed by atoms with van der Waals surface area (Å²) in [6, 6.07) is 13.8. The minimum absolute atomic E-state index is 0.0123.